The second-order valence-electron chi connectivity index (χ2n) is 7.41. The van der Waals surface area contributed by atoms with Crippen LogP contribution in [-0.2, 0) is 25.9 Å². The Morgan fingerprint density at radius 2 is 2.23 bits per heavy atom. The second kappa shape index (κ2) is 8.91. The highest BCUT2D eigenvalue weighted by molar-refractivity contribution is 9.00. The van der Waals surface area contributed by atoms with Gasteiger partial charge < -0.3 is 9.26 Å². The summed E-state index contributed by atoms with van der Waals surface area (Å²) in [5, 5.41) is 2.64. The topological polar surface area (TPSA) is 111 Å². The molecular weight excluding hydrogens is 465 g/mol. The van der Waals surface area contributed by atoms with Gasteiger partial charge in [-0.1, -0.05) is 43.5 Å². The minimum Gasteiger partial charge on any atom is -0.352 e. The number of ether oxygens (including phenoxy) is 1. The van der Waals surface area contributed by atoms with Gasteiger partial charge in [0.2, 0.25) is 11.9 Å². The summed E-state index contributed by atoms with van der Waals surface area (Å²) < 4.78 is 12.4. The van der Waals surface area contributed by atoms with Crippen LogP contribution in [0, 0.1) is 5.92 Å². The number of nitrogens with one attached hydrogen (secondary N) is 2. The van der Waals surface area contributed by atoms with E-state index in [0.717, 1.165) is 17.9 Å². The van der Waals surface area contributed by atoms with E-state index >= 15 is 0 Å². The molecule has 2 aliphatic heterocycles. The van der Waals surface area contributed by atoms with Crippen molar-refractivity contribution < 1.29 is 14.1 Å². The number of fused-ring (bicyclic) bond motifs is 1. The second-order valence-corrected chi connectivity index (χ2v) is 18.1. The van der Waals surface area contributed by atoms with Crippen molar-refractivity contribution in [3.63, 3.8) is 0 Å². The van der Waals surface area contributed by atoms with Crippen LogP contribution in [-0.4, -0.2) is 49.1 Å². The molecule has 30 heavy (non-hydrogen) atoms. The molecule has 0 saturated carbocycles. The molecule has 2 aromatic heterocycles. The Bertz CT molecular complexity index is 1050. The molecule has 4 heterocycles. The molecule has 0 spiro atoms. The van der Waals surface area contributed by atoms with E-state index in [-0.39, 0.29) is 41.7 Å². The Kier molecular flexibility index (Phi) is 6.62. The van der Waals surface area contributed by atoms with Crippen LogP contribution in [0.2, 0.25) is 0 Å². The maximum atomic E-state index is 12.4. The van der Waals surface area contributed by atoms with Gasteiger partial charge in [0.15, 0.2) is 15.8 Å². The highest BCUT2D eigenvalue weighted by Gasteiger charge is 2.41. The fourth-order valence-electron chi connectivity index (χ4n) is 3.36. The minimum atomic E-state index is -1.92. The van der Waals surface area contributed by atoms with E-state index < -0.39 is 10.2 Å². The first-order chi connectivity index (χ1) is 14.3. The minimum absolute atomic E-state index is 0.0869. The summed E-state index contributed by atoms with van der Waals surface area (Å²) in [4.78, 5) is 35.6. The number of nitrogens with zero attached hydrogens (tertiary/aromatic N) is 3. The van der Waals surface area contributed by atoms with E-state index in [9.17, 15) is 9.59 Å². The van der Waals surface area contributed by atoms with E-state index in [1.807, 2.05) is 0 Å². The lowest BCUT2D eigenvalue weighted by Crippen LogP contribution is -2.22. The molecule has 13 heteroatoms. The maximum absolute atomic E-state index is 12.4. The monoisotopic (exact) mass is 489 g/mol. The van der Waals surface area contributed by atoms with E-state index in [1.165, 1.54) is 0 Å². The molecule has 3 atom stereocenters. The van der Waals surface area contributed by atoms with Gasteiger partial charge in [-0.05, 0) is 18.2 Å². The molecule has 0 aromatic carbocycles. The van der Waals surface area contributed by atoms with Gasteiger partial charge in [-0.15, -0.1) is 0 Å². The molecule has 2 N–H and O–H groups in total. The molecule has 4 rings (SSSR count). The number of imidazole rings is 1. The molecule has 0 aliphatic carbocycles. The summed E-state index contributed by atoms with van der Waals surface area (Å²) >= 11 is 9.26. The summed E-state index contributed by atoms with van der Waals surface area (Å²) in [7, 11) is 0. The van der Waals surface area contributed by atoms with Crippen LogP contribution in [0.4, 0.5) is 5.95 Å². The SMILES string of the molecule is CC[C@H]1O[C@@H](n2cnc3c(=O)[nH]c(NC(=O)C(C)C)nc32)C[C@@H]1OP1(=S)SCCS1. The van der Waals surface area contributed by atoms with E-state index in [4.69, 9.17) is 21.1 Å². The van der Waals surface area contributed by atoms with Crippen molar-refractivity contribution in [3.8, 4) is 0 Å². The molecule has 164 valence electrons. The fourth-order valence-corrected chi connectivity index (χ4v) is 12.8. The maximum Gasteiger partial charge on any atom is 0.280 e. The van der Waals surface area contributed by atoms with Crippen LogP contribution >= 0.6 is 27.4 Å². The van der Waals surface area contributed by atoms with Crippen LogP contribution in [0.25, 0.3) is 11.2 Å². The lowest BCUT2D eigenvalue weighted by Gasteiger charge is -2.22. The predicted molar refractivity (Wildman–Crippen MR) is 125 cm³/mol. The Hall–Kier alpha value is -0.910. The van der Waals surface area contributed by atoms with Gasteiger partial charge in [0, 0.05) is 23.8 Å². The van der Waals surface area contributed by atoms with Crippen molar-refractivity contribution in [1.29, 1.82) is 0 Å². The largest absolute Gasteiger partial charge is 0.352 e. The van der Waals surface area contributed by atoms with Gasteiger partial charge in [-0.3, -0.25) is 24.5 Å². The summed E-state index contributed by atoms with van der Waals surface area (Å²) in [6.07, 6.45) is 2.39. The van der Waals surface area contributed by atoms with Crippen LogP contribution < -0.4 is 10.9 Å². The number of hydrogen-bond donors (Lipinski definition) is 2. The fraction of sp³-hybridized carbons (Fsp3) is 0.647. The van der Waals surface area contributed by atoms with Gasteiger partial charge >= 0.3 is 0 Å². The smallest absolute Gasteiger partial charge is 0.280 e. The zero-order valence-electron chi connectivity index (χ0n) is 16.9. The highest BCUT2D eigenvalue weighted by atomic mass is 33.2. The number of amides is 1. The third-order valence-corrected chi connectivity index (χ3v) is 14.7. The molecule has 0 radical (unpaired) electrons. The van der Waals surface area contributed by atoms with Gasteiger partial charge in [-0.25, -0.2) is 4.98 Å². The average Bonchev–Trinajstić information content (AvgIpc) is 3.40. The molecule has 2 saturated heterocycles. The first-order valence-corrected chi connectivity index (χ1v) is 15.7. The zero-order chi connectivity index (χ0) is 21.5. The molecule has 2 fully saturated rings. The first kappa shape index (κ1) is 22.3. The Labute approximate surface area is 187 Å². The average molecular weight is 490 g/mol. The van der Waals surface area contributed by atoms with Crippen molar-refractivity contribution in [2.75, 3.05) is 16.8 Å². The van der Waals surface area contributed by atoms with Gasteiger partial charge in [0.05, 0.1) is 18.5 Å². The summed E-state index contributed by atoms with van der Waals surface area (Å²) in [6, 6.07) is 0. The number of H-pyrrole nitrogens is 1. The quantitative estimate of drug-likeness (QED) is 0.589. The van der Waals surface area contributed by atoms with Crippen molar-refractivity contribution in [3.05, 3.63) is 16.7 Å². The highest BCUT2D eigenvalue weighted by Crippen LogP contribution is 2.75. The van der Waals surface area contributed by atoms with Crippen LogP contribution in [0.15, 0.2) is 11.1 Å². The van der Waals surface area contributed by atoms with Crippen molar-refractivity contribution in [2.45, 2.75) is 52.0 Å². The standard InChI is InChI=1S/C17H24N5O4PS3/c1-4-10-11(26-27(28)29-5-6-30-27)7-12(25-10)22-8-18-13-14(22)19-17(21-16(13)24)20-15(23)9(2)3/h8-12H,4-7H2,1-3H3,(H2,19,20,21,23,24)/t10-,11+,12-/m1/s1. The predicted octanol–water partition coefficient (Wildman–Crippen LogP) is 3.50. The van der Waals surface area contributed by atoms with Crippen LogP contribution in [0.1, 0.15) is 39.8 Å². The molecule has 2 aliphatic rings. The molecule has 9 nitrogen and oxygen atoms in total. The Morgan fingerprint density at radius 3 is 2.90 bits per heavy atom. The molecule has 0 bridgehead atoms. The van der Waals surface area contributed by atoms with E-state index in [1.54, 1.807) is 47.5 Å². The summed E-state index contributed by atoms with van der Waals surface area (Å²) in [5.74, 6) is 1.68. The van der Waals surface area contributed by atoms with Crippen LogP contribution in [0.5, 0.6) is 0 Å². The molecular formula is C17H24N5O4PS3. The van der Waals surface area contributed by atoms with Crippen molar-refractivity contribution >= 4 is 62.3 Å². The van der Waals surface area contributed by atoms with Crippen LogP contribution in [0.3, 0.4) is 0 Å². The van der Waals surface area contributed by atoms with E-state index in [0.29, 0.717) is 12.1 Å². The number of carbonyl (C=O) groups is 1. The number of anilines is 1. The number of carbonyl (C=O) groups excluding carboxylic acids is 1. The van der Waals surface area contributed by atoms with E-state index in [2.05, 4.69) is 27.2 Å². The lowest BCUT2D eigenvalue weighted by atomic mass is 10.1. The number of aromatic amines is 1. The van der Waals surface area contributed by atoms with Gasteiger partial charge in [0.25, 0.3) is 5.56 Å². The third kappa shape index (κ3) is 4.49. The normalized spacial score (nSPS) is 25.9. The summed E-state index contributed by atoms with van der Waals surface area (Å²) in [6.45, 7) is 5.59. The number of hydrogen-bond acceptors (Lipinski definition) is 9. The molecule has 2 aromatic rings. The molecule has 1 amide bonds. The summed E-state index contributed by atoms with van der Waals surface area (Å²) in [5.41, 5.74) is 0.156. The van der Waals surface area contributed by atoms with Gasteiger partial charge in [0.1, 0.15) is 6.23 Å². The Balaban J connectivity index is 1.61. The van der Waals surface area contributed by atoms with Crippen molar-refractivity contribution in [1.82, 2.24) is 19.5 Å². The van der Waals surface area contributed by atoms with Crippen molar-refractivity contribution in [2.24, 2.45) is 5.92 Å². The van der Waals surface area contributed by atoms with Gasteiger partial charge in [-0.2, -0.15) is 4.98 Å². The number of rotatable bonds is 6. The molecule has 0 unspecified atom stereocenters. The first-order valence-electron chi connectivity index (χ1n) is 9.80. The Morgan fingerprint density at radius 1 is 1.50 bits per heavy atom. The number of aromatic nitrogens is 4. The lowest BCUT2D eigenvalue weighted by molar-refractivity contribution is -0.118. The zero-order valence-corrected chi connectivity index (χ0v) is 20.2. The third-order valence-electron chi connectivity index (χ3n) is 4.94.